The smallest absolute Gasteiger partial charge is 0.373 e. The maximum absolute atomic E-state index is 11.8. The molecular formula is C18H23BrN4O3. The lowest BCUT2D eigenvalue weighted by molar-refractivity contribution is -0.385. The third-order valence-electron chi connectivity index (χ3n) is 3.45. The number of benzene rings is 1. The normalized spacial score (nSPS) is 11.0. The first-order chi connectivity index (χ1) is 12.3. The van der Waals surface area contributed by atoms with Gasteiger partial charge in [0.1, 0.15) is 12.1 Å². The van der Waals surface area contributed by atoms with Crippen molar-refractivity contribution >= 4 is 27.4 Å². The minimum absolute atomic E-state index is 0.0557. The summed E-state index contributed by atoms with van der Waals surface area (Å²) in [5, 5.41) is 11.8. The lowest BCUT2D eigenvalue weighted by Crippen LogP contribution is -2.32. The zero-order valence-electron chi connectivity index (χ0n) is 15.3. The first-order valence-electron chi connectivity index (χ1n) is 8.45. The number of anilines is 1. The molecule has 0 aliphatic carbocycles. The molecule has 8 heteroatoms. The van der Waals surface area contributed by atoms with Crippen molar-refractivity contribution < 1.29 is 9.66 Å². The van der Waals surface area contributed by atoms with Crippen LogP contribution in [0.5, 0.6) is 11.6 Å². The van der Waals surface area contributed by atoms with E-state index in [1.165, 1.54) is 6.33 Å². The third-order valence-corrected chi connectivity index (χ3v) is 3.98. The molecule has 140 valence electrons. The van der Waals surface area contributed by atoms with Gasteiger partial charge in [-0.25, -0.2) is 4.98 Å². The van der Waals surface area contributed by atoms with Gasteiger partial charge < -0.3 is 9.64 Å². The summed E-state index contributed by atoms with van der Waals surface area (Å²) >= 11 is 3.35. The van der Waals surface area contributed by atoms with Gasteiger partial charge in [-0.05, 0) is 36.1 Å². The zero-order valence-corrected chi connectivity index (χ0v) is 16.9. The molecular weight excluding hydrogens is 400 g/mol. The Hall–Kier alpha value is -2.22. The lowest BCUT2D eigenvalue weighted by atomic mass is 10.1. The number of hydrogen-bond acceptors (Lipinski definition) is 6. The topological polar surface area (TPSA) is 81.4 Å². The average molecular weight is 423 g/mol. The van der Waals surface area contributed by atoms with Gasteiger partial charge in [0.25, 0.3) is 0 Å². The Kier molecular flexibility index (Phi) is 6.90. The predicted molar refractivity (Wildman–Crippen MR) is 105 cm³/mol. The Morgan fingerprint density at radius 1 is 1.12 bits per heavy atom. The molecule has 0 aliphatic rings. The largest absolute Gasteiger partial charge is 0.434 e. The molecule has 0 spiro atoms. The van der Waals surface area contributed by atoms with Gasteiger partial charge in [-0.3, -0.25) is 10.1 Å². The second-order valence-corrected chi connectivity index (χ2v) is 7.77. The summed E-state index contributed by atoms with van der Waals surface area (Å²) in [6.45, 7) is 9.60. The van der Waals surface area contributed by atoms with Crippen LogP contribution >= 0.6 is 15.9 Å². The van der Waals surface area contributed by atoms with E-state index in [1.54, 1.807) is 24.3 Å². The number of nitro groups is 1. The first-order valence-corrected chi connectivity index (χ1v) is 9.25. The molecule has 2 aromatic rings. The van der Waals surface area contributed by atoms with Crippen LogP contribution in [0.25, 0.3) is 0 Å². The van der Waals surface area contributed by atoms with Gasteiger partial charge in [0, 0.05) is 17.6 Å². The molecule has 1 aromatic heterocycles. The van der Waals surface area contributed by atoms with Crippen LogP contribution in [0.2, 0.25) is 0 Å². The van der Waals surface area contributed by atoms with Crippen molar-refractivity contribution in [2.24, 2.45) is 11.8 Å². The quantitative estimate of drug-likeness (QED) is 0.436. The Labute approximate surface area is 161 Å². The molecule has 1 heterocycles. The maximum Gasteiger partial charge on any atom is 0.373 e. The second kappa shape index (κ2) is 8.93. The lowest BCUT2D eigenvalue weighted by Gasteiger charge is -2.27. The predicted octanol–water partition coefficient (Wildman–Crippen LogP) is 5.06. The van der Waals surface area contributed by atoms with Crippen molar-refractivity contribution in [2.75, 3.05) is 18.0 Å². The van der Waals surface area contributed by atoms with Crippen molar-refractivity contribution in [3.8, 4) is 11.6 Å². The van der Waals surface area contributed by atoms with Crippen molar-refractivity contribution in [1.82, 2.24) is 9.97 Å². The SMILES string of the molecule is CC(C)CN(CC(C)C)c1ncnc(Oc2ccc(Br)cc2)c1[N+](=O)[O-]. The highest BCUT2D eigenvalue weighted by molar-refractivity contribution is 9.10. The number of nitrogens with zero attached hydrogens (tertiary/aromatic N) is 4. The van der Waals surface area contributed by atoms with E-state index >= 15 is 0 Å². The number of hydrogen-bond donors (Lipinski definition) is 0. The van der Waals surface area contributed by atoms with Crippen LogP contribution in [0.4, 0.5) is 11.5 Å². The van der Waals surface area contributed by atoms with Crippen molar-refractivity contribution in [3.05, 3.63) is 45.2 Å². The summed E-state index contributed by atoms with van der Waals surface area (Å²) in [7, 11) is 0. The van der Waals surface area contributed by atoms with E-state index in [-0.39, 0.29) is 11.6 Å². The summed E-state index contributed by atoms with van der Waals surface area (Å²) in [5.74, 6) is 1.37. The maximum atomic E-state index is 11.8. The molecule has 0 atom stereocenters. The molecule has 0 bridgehead atoms. The number of rotatable bonds is 8. The van der Waals surface area contributed by atoms with Gasteiger partial charge in [0.2, 0.25) is 5.82 Å². The number of ether oxygens (including phenoxy) is 1. The van der Waals surface area contributed by atoms with Crippen LogP contribution < -0.4 is 9.64 Å². The summed E-state index contributed by atoms with van der Waals surface area (Å²) < 4.78 is 6.58. The molecule has 0 saturated carbocycles. The fraction of sp³-hybridized carbons (Fsp3) is 0.444. The third kappa shape index (κ3) is 5.39. The van der Waals surface area contributed by atoms with Crippen LogP contribution in [0.3, 0.4) is 0 Å². The molecule has 0 amide bonds. The molecule has 0 aliphatic heterocycles. The average Bonchev–Trinajstić information content (AvgIpc) is 2.55. The molecule has 0 saturated heterocycles. The summed E-state index contributed by atoms with van der Waals surface area (Å²) in [6.07, 6.45) is 1.31. The highest BCUT2D eigenvalue weighted by Crippen LogP contribution is 2.36. The highest BCUT2D eigenvalue weighted by atomic mass is 79.9. The molecule has 1 aromatic carbocycles. The van der Waals surface area contributed by atoms with Gasteiger partial charge in [0.05, 0.1) is 4.92 Å². The van der Waals surface area contributed by atoms with E-state index in [0.717, 1.165) is 4.47 Å². The van der Waals surface area contributed by atoms with Crippen LogP contribution in [0, 0.1) is 22.0 Å². The fourth-order valence-corrected chi connectivity index (χ4v) is 2.83. The first kappa shape index (κ1) is 20.1. The molecule has 0 N–H and O–H groups in total. The molecule has 2 rings (SSSR count). The standard InChI is InChI=1S/C18H23BrN4O3/c1-12(2)9-22(10-13(3)4)17-16(23(24)25)18(21-11-20-17)26-15-7-5-14(19)6-8-15/h5-8,11-13H,9-10H2,1-4H3. The number of aromatic nitrogens is 2. The van der Waals surface area contributed by atoms with Crippen molar-refractivity contribution in [2.45, 2.75) is 27.7 Å². The van der Waals surface area contributed by atoms with E-state index in [9.17, 15) is 10.1 Å². The minimum atomic E-state index is -0.475. The van der Waals surface area contributed by atoms with Crippen LogP contribution in [0.15, 0.2) is 35.1 Å². The van der Waals surface area contributed by atoms with Gasteiger partial charge in [-0.15, -0.1) is 0 Å². The fourth-order valence-electron chi connectivity index (χ4n) is 2.56. The van der Waals surface area contributed by atoms with Crippen LogP contribution in [-0.2, 0) is 0 Å². The number of halogens is 1. The van der Waals surface area contributed by atoms with Gasteiger partial charge in [-0.2, -0.15) is 4.98 Å². The summed E-state index contributed by atoms with van der Waals surface area (Å²) in [5.41, 5.74) is -0.211. The molecule has 26 heavy (non-hydrogen) atoms. The monoisotopic (exact) mass is 422 g/mol. The second-order valence-electron chi connectivity index (χ2n) is 6.86. The Balaban J connectivity index is 2.45. The molecule has 0 radical (unpaired) electrons. The Morgan fingerprint density at radius 2 is 1.69 bits per heavy atom. The minimum Gasteiger partial charge on any atom is -0.434 e. The van der Waals surface area contributed by atoms with E-state index in [2.05, 4.69) is 53.6 Å². The van der Waals surface area contributed by atoms with Crippen LogP contribution in [0.1, 0.15) is 27.7 Å². The van der Waals surface area contributed by atoms with E-state index in [4.69, 9.17) is 4.74 Å². The Bertz CT molecular complexity index is 741. The van der Waals surface area contributed by atoms with Gasteiger partial charge in [0.15, 0.2) is 0 Å². The Morgan fingerprint density at radius 3 is 2.19 bits per heavy atom. The van der Waals surface area contributed by atoms with E-state index in [1.807, 2.05) is 4.90 Å². The summed E-state index contributed by atoms with van der Waals surface area (Å²) in [6, 6.07) is 7.03. The van der Waals surface area contributed by atoms with Gasteiger partial charge in [-0.1, -0.05) is 43.6 Å². The zero-order chi connectivity index (χ0) is 19.3. The molecule has 0 fully saturated rings. The van der Waals surface area contributed by atoms with Crippen LogP contribution in [-0.4, -0.2) is 28.0 Å². The van der Waals surface area contributed by atoms with E-state index < -0.39 is 4.92 Å². The highest BCUT2D eigenvalue weighted by Gasteiger charge is 2.29. The van der Waals surface area contributed by atoms with Gasteiger partial charge >= 0.3 is 11.6 Å². The molecule has 0 unspecified atom stereocenters. The summed E-state index contributed by atoms with van der Waals surface area (Å²) in [4.78, 5) is 21.4. The molecule has 7 nitrogen and oxygen atoms in total. The van der Waals surface area contributed by atoms with Crippen molar-refractivity contribution in [1.29, 1.82) is 0 Å². The van der Waals surface area contributed by atoms with Crippen molar-refractivity contribution in [3.63, 3.8) is 0 Å². The van der Waals surface area contributed by atoms with E-state index in [0.29, 0.717) is 36.5 Å².